The zero-order valence-corrected chi connectivity index (χ0v) is 16.9. The standard InChI is InChI=1S/C24H20N4O3/c1-16-21(23(28-31-16)18-11-6-3-7-12-18)24-27-26-20(30-24)15-25-22(19-13-8-14-29-19)17-9-4-2-5-10-17/h2-14,22,25H,15H2,1H3/t22-/m0/s1. The third-order valence-corrected chi connectivity index (χ3v) is 5.01. The molecule has 1 N–H and O–H groups in total. The van der Waals surface area contributed by atoms with Gasteiger partial charge in [0.2, 0.25) is 5.89 Å². The molecule has 7 heteroatoms. The second-order valence-corrected chi connectivity index (χ2v) is 7.07. The number of nitrogens with one attached hydrogen (secondary N) is 1. The van der Waals surface area contributed by atoms with Crippen molar-refractivity contribution in [3.8, 4) is 22.7 Å². The van der Waals surface area contributed by atoms with Crippen LogP contribution in [0.15, 0.2) is 92.4 Å². The normalized spacial score (nSPS) is 12.2. The first-order valence-electron chi connectivity index (χ1n) is 9.96. The Morgan fingerprint density at radius 3 is 2.42 bits per heavy atom. The van der Waals surface area contributed by atoms with Crippen LogP contribution in [0.25, 0.3) is 22.7 Å². The van der Waals surface area contributed by atoms with Crippen LogP contribution >= 0.6 is 0 Å². The molecule has 31 heavy (non-hydrogen) atoms. The third kappa shape index (κ3) is 3.91. The maximum atomic E-state index is 5.96. The van der Waals surface area contributed by atoms with Gasteiger partial charge in [-0.1, -0.05) is 65.8 Å². The lowest BCUT2D eigenvalue weighted by Crippen LogP contribution is -2.21. The Morgan fingerprint density at radius 1 is 0.903 bits per heavy atom. The highest BCUT2D eigenvalue weighted by Crippen LogP contribution is 2.33. The molecule has 7 nitrogen and oxygen atoms in total. The molecule has 0 amide bonds. The summed E-state index contributed by atoms with van der Waals surface area (Å²) < 4.78 is 17.0. The molecule has 0 spiro atoms. The average Bonchev–Trinajstić information content (AvgIpc) is 3.57. The zero-order valence-electron chi connectivity index (χ0n) is 16.9. The summed E-state index contributed by atoms with van der Waals surface area (Å²) in [5.41, 5.74) is 3.39. The summed E-state index contributed by atoms with van der Waals surface area (Å²) in [5, 5.41) is 16.1. The quantitative estimate of drug-likeness (QED) is 0.394. The minimum absolute atomic E-state index is 0.135. The minimum Gasteiger partial charge on any atom is -0.467 e. The van der Waals surface area contributed by atoms with E-state index in [0.717, 1.165) is 16.9 Å². The minimum atomic E-state index is -0.135. The lowest BCUT2D eigenvalue weighted by Gasteiger charge is -2.15. The molecule has 0 aliphatic heterocycles. The molecule has 0 saturated carbocycles. The highest BCUT2D eigenvalue weighted by atomic mass is 16.5. The first kappa shape index (κ1) is 19.0. The smallest absolute Gasteiger partial charge is 0.253 e. The van der Waals surface area contributed by atoms with E-state index in [1.54, 1.807) is 6.26 Å². The van der Waals surface area contributed by atoms with Gasteiger partial charge in [-0.15, -0.1) is 10.2 Å². The van der Waals surface area contributed by atoms with E-state index in [2.05, 4.69) is 20.7 Å². The van der Waals surface area contributed by atoms with E-state index < -0.39 is 0 Å². The van der Waals surface area contributed by atoms with Crippen LogP contribution in [0.1, 0.15) is 29.0 Å². The Bertz CT molecular complexity index is 1240. The Labute approximate surface area is 178 Å². The van der Waals surface area contributed by atoms with Crippen LogP contribution in [0.4, 0.5) is 0 Å². The summed E-state index contributed by atoms with van der Waals surface area (Å²) in [6, 6.07) is 23.5. The number of furan rings is 1. The van der Waals surface area contributed by atoms with Gasteiger partial charge >= 0.3 is 0 Å². The molecule has 154 valence electrons. The zero-order chi connectivity index (χ0) is 21.0. The van der Waals surface area contributed by atoms with Gasteiger partial charge in [0.05, 0.1) is 18.8 Å². The van der Waals surface area contributed by atoms with E-state index in [1.165, 1.54) is 0 Å². The Kier molecular flexibility index (Phi) is 5.16. The Morgan fingerprint density at radius 2 is 1.68 bits per heavy atom. The Hall–Kier alpha value is -3.97. The molecule has 0 bridgehead atoms. The molecule has 2 aromatic carbocycles. The summed E-state index contributed by atoms with van der Waals surface area (Å²) in [5.74, 6) is 2.28. The van der Waals surface area contributed by atoms with E-state index in [-0.39, 0.29) is 6.04 Å². The number of hydrogen-bond acceptors (Lipinski definition) is 7. The van der Waals surface area contributed by atoms with Crippen LogP contribution in [0.2, 0.25) is 0 Å². The number of aromatic nitrogens is 3. The monoisotopic (exact) mass is 412 g/mol. The number of nitrogens with zero attached hydrogens (tertiary/aromatic N) is 3. The van der Waals surface area contributed by atoms with Gasteiger partial charge in [0, 0.05) is 5.56 Å². The fourth-order valence-corrected chi connectivity index (χ4v) is 3.52. The summed E-state index contributed by atoms with van der Waals surface area (Å²) >= 11 is 0. The molecule has 3 aromatic heterocycles. The highest BCUT2D eigenvalue weighted by Gasteiger charge is 2.23. The first-order chi connectivity index (χ1) is 15.3. The molecular weight excluding hydrogens is 392 g/mol. The second-order valence-electron chi connectivity index (χ2n) is 7.07. The highest BCUT2D eigenvalue weighted by molar-refractivity contribution is 5.77. The van der Waals surface area contributed by atoms with Crippen molar-refractivity contribution in [1.29, 1.82) is 0 Å². The van der Waals surface area contributed by atoms with Gasteiger partial charge in [-0.2, -0.15) is 0 Å². The summed E-state index contributed by atoms with van der Waals surface area (Å²) in [4.78, 5) is 0. The van der Waals surface area contributed by atoms with Gasteiger partial charge in [0.25, 0.3) is 5.89 Å². The molecule has 0 radical (unpaired) electrons. The SMILES string of the molecule is Cc1onc(-c2ccccc2)c1-c1nnc(CN[C@@H](c2ccccc2)c2ccco2)o1. The first-order valence-corrected chi connectivity index (χ1v) is 9.96. The predicted molar refractivity (Wildman–Crippen MR) is 114 cm³/mol. The van der Waals surface area contributed by atoms with Crippen molar-refractivity contribution in [3.63, 3.8) is 0 Å². The predicted octanol–water partition coefficient (Wildman–Crippen LogP) is 5.17. The summed E-state index contributed by atoms with van der Waals surface area (Å²) in [7, 11) is 0. The number of rotatable bonds is 7. The van der Waals surface area contributed by atoms with Crippen molar-refractivity contribution in [2.24, 2.45) is 0 Å². The number of benzene rings is 2. The van der Waals surface area contributed by atoms with Crippen molar-refractivity contribution in [1.82, 2.24) is 20.7 Å². The van der Waals surface area contributed by atoms with Crippen LogP contribution in [0.3, 0.4) is 0 Å². The lowest BCUT2D eigenvalue weighted by atomic mass is 10.0. The second kappa shape index (κ2) is 8.41. The van der Waals surface area contributed by atoms with Gasteiger partial charge in [-0.25, -0.2) is 0 Å². The van der Waals surface area contributed by atoms with Crippen molar-refractivity contribution in [2.75, 3.05) is 0 Å². The fraction of sp³-hybridized carbons (Fsp3) is 0.125. The molecule has 3 heterocycles. The molecule has 0 unspecified atom stereocenters. The van der Waals surface area contributed by atoms with Gasteiger partial charge < -0.3 is 13.4 Å². The fourth-order valence-electron chi connectivity index (χ4n) is 3.52. The van der Waals surface area contributed by atoms with Crippen LogP contribution in [-0.4, -0.2) is 15.4 Å². The van der Waals surface area contributed by atoms with E-state index in [1.807, 2.05) is 79.7 Å². The Balaban J connectivity index is 1.39. The van der Waals surface area contributed by atoms with Crippen molar-refractivity contribution in [2.45, 2.75) is 19.5 Å². The maximum absolute atomic E-state index is 5.96. The molecule has 0 fully saturated rings. The molecule has 5 aromatic rings. The van der Waals surface area contributed by atoms with Crippen molar-refractivity contribution < 1.29 is 13.4 Å². The van der Waals surface area contributed by atoms with Gasteiger partial charge in [0.15, 0.2) is 0 Å². The van der Waals surface area contributed by atoms with Gasteiger partial charge in [0.1, 0.15) is 22.8 Å². The van der Waals surface area contributed by atoms with Crippen LogP contribution in [0.5, 0.6) is 0 Å². The molecule has 5 rings (SSSR count). The van der Waals surface area contributed by atoms with Gasteiger partial charge in [-0.05, 0) is 24.6 Å². The van der Waals surface area contributed by atoms with Crippen LogP contribution in [0, 0.1) is 6.92 Å². The molecule has 0 aliphatic rings. The summed E-state index contributed by atoms with van der Waals surface area (Å²) in [6.45, 7) is 2.21. The van der Waals surface area contributed by atoms with Crippen LogP contribution < -0.4 is 5.32 Å². The maximum Gasteiger partial charge on any atom is 0.253 e. The topological polar surface area (TPSA) is 90.1 Å². The van der Waals surface area contributed by atoms with Gasteiger partial charge in [-0.3, -0.25) is 5.32 Å². The number of hydrogen-bond donors (Lipinski definition) is 1. The van der Waals surface area contributed by atoms with E-state index in [9.17, 15) is 0 Å². The summed E-state index contributed by atoms with van der Waals surface area (Å²) in [6.07, 6.45) is 1.66. The van der Waals surface area contributed by atoms with E-state index >= 15 is 0 Å². The lowest BCUT2D eigenvalue weighted by molar-refractivity contribution is 0.398. The average molecular weight is 412 g/mol. The molecule has 0 saturated heterocycles. The van der Waals surface area contributed by atoms with E-state index in [0.29, 0.717) is 35.3 Å². The van der Waals surface area contributed by atoms with Crippen LogP contribution in [-0.2, 0) is 6.54 Å². The largest absolute Gasteiger partial charge is 0.467 e. The van der Waals surface area contributed by atoms with Crippen molar-refractivity contribution >= 4 is 0 Å². The van der Waals surface area contributed by atoms with Crippen molar-refractivity contribution in [3.05, 3.63) is 102 Å². The molecule has 0 aliphatic carbocycles. The number of aryl methyl sites for hydroxylation is 1. The third-order valence-electron chi connectivity index (χ3n) is 5.01. The van der Waals surface area contributed by atoms with E-state index in [4.69, 9.17) is 13.4 Å². The molecular formula is C24H20N4O3. The molecule has 1 atom stereocenters.